The molecule has 0 spiro atoms. The first-order valence-electron chi connectivity index (χ1n) is 9.14. The highest BCUT2D eigenvalue weighted by Crippen LogP contribution is 2.35. The summed E-state index contributed by atoms with van der Waals surface area (Å²) in [4.78, 5) is 25.7. The summed E-state index contributed by atoms with van der Waals surface area (Å²) < 4.78 is 17.4. The number of benzene rings is 1. The Morgan fingerprint density at radius 2 is 1.90 bits per heavy atom. The fraction of sp³-hybridized carbons (Fsp3) is 0.429. The third-order valence-electron chi connectivity index (χ3n) is 4.18. The van der Waals surface area contributed by atoms with E-state index in [1.54, 1.807) is 39.0 Å². The second kappa shape index (κ2) is 9.33. The molecule has 1 aromatic carbocycles. The summed E-state index contributed by atoms with van der Waals surface area (Å²) in [6, 6.07) is 5.50. The Labute approximate surface area is 175 Å². The van der Waals surface area contributed by atoms with Gasteiger partial charge in [-0.05, 0) is 39.0 Å². The van der Waals surface area contributed by atoms with Crippen LogP contribution in [0.3, 0.4) is 0 Å². The van der Waals surface area contributed by atoms with E-state index in [0.29, 0.717) is 27.6 Å². The van der Waals surface area contributed by atoms with Crippen LogP contribution in [0.2, 0.25) is 5.02 Å². The Kier molecular flexibility index (Phi) is 7.32. The zero-order valence-electron chi connectivity index (χ0n) is 17.3. The van der Waals surface area contributed by atoms with E-state index < -0.39 is 23.2 Å². The van der Waals surface area contributed by atoms with E-state index in [2.05, 4.69) is 0 Å². The van der Waals surface area contributed by atoms with Crippen molar-refractivity contribution in [3.8, 4) is 16.9 Å². The third-order valence-corrected chi connectivity index (χ3v) is 4.41. The number of esters is 1. The van der Waals surface area contributed by atoms with Crippen molar-refractivity contribution >= 4 is 23.3 Å². The molecule has 2 rings (SSSR count). The largest absolute Gasteiger partial charge is 0.495 e. The lowest BCUT2D eigenvalue weighted by Crippen LogP contribution is -2.35. The van der Waals surface area contributed by atoms with Crippen molar-refractivity contribution in [3.63, 3.8) is 0 Å². The van der Waals surface area contributed by atoms with Crippen molar-refractivity contribution < 1.29 is 19.0 Å². The molecule has 158 valence electrons. The van der Waals surface area contributed by atoms with E-state index in [9.17, 15) is 9.59 Å². The van der Waals surface area contributed by atoms with E-state index in [-0.39, 0.29) is 13.0 Å². The summed E-state index contributed by atoms with van der Waals surface area (Å²) in [7, 11) is 3.01. The molecule has 0 radical (unpaired) electrons. The molecule has 0 saturated heterocycles. The number of aromatic nitrogens is 1. The zero-order valence-corrected chi connectivity index (χ0v) is 18.1. The van der Waals surface area contributed by atoms with Gasteiger partial charge in [0.2, 0.25) is 0 Å². The van der Waals surface area contributed by atoms with Gasteiger partial charge in [0.05, 0.1) is 13.3 Å². The first-order chi connectivity index (χ1) is 13.6. The minimum atomic E-state index is -0.860. The number of anilines is 1. The number of nitrogens with zero attached hydrogens (tertiary/aromatic N) is 1. The van der Waals surface area contributed by atoms with Gasteiger partial charge in [0.15, 0.2) is 0 Å². The second-order valence-corrected chi connectivity index (χ2v) is 8.00. The lowest BCUT2D eigenvalue weighted by atomic mass is 10.0. The molecule has 7 nitrogen and oxygen atoms in total. The van der Waals surface area contributed by atoms with Gasteiger partial charge in [-0.1, -0.05) is 11.6 Å². The van der Waals surface area contributed by atoms with Gasteiger partial charge in [-0.15, -0.1) is 0 Å². The number of ether oxygens (including phenoxy) is 3. The minimum absolute atomic E-state index is 0.271. The molecule has 0 aliphatic rings. The smallest absolute Gasteiger partial charge is 0.329 e. The molecule has 0 amide bonds. The van der Waals surface area contributed by atoms with E-state index in [0.717, 1.165) is 0 Å². The maximum atomic E-state index is 12.9. The number of nitrogens with two attached hydrogens (primary N) is 1. The normalized spacial score (nSPS) is 12.5. The van der Waals surface area contributed by atoms with Crippen LogP contribution in [0.5, 0.6) is 5.75 Å². The van der Waals surface area contributed by atoms with Crippen molar-refractivity contribution in [2.75, 3.05) is 26.6 Å². The molecule has 1 heterocycles. The van der Waals surface area contributed by atoms with Crippen LogP contribution < -0.4 is 16.0 Å². The number of carbonyl (C=O) groups is 1. The van der Waals surface area contributed by atoms with Crippen LogP contribution in [0.25, 0.3) is 11.1 Å². The lowest BCUT2D eigenvalue weighted by molar-refractivity contribution is -0.159. The molecule has 8 heteroatoms. The molecule has 2 aromatic rings. The van der Waals surface area contributed by atoms with Crippen LogP contribution in [0.1, 0.15) is 33.2 Å². The topological polar surface area (TPSA) is 92.8 Å². The summed E-state index contributed by atoms with van der Waals surface area (Å²) in [5.41, 5.74) is 6.49. The van der Waals surface area contributed by atoms with E-state index in [1.807, 2.05) is 0 Å². The number of hydrogen-bond acceptors (Lipinski definition) is 6. The van der Waals surface area contributed by atoms with E-state index in [1.165, 1.54) is 31.0 Å². The number of carbonyl (C=O) groups excluding carboxylic acids is 1. The van der Waals surface area contributed by atoms with Gasteiger partial charge in [-0.2, -0.15) is 0 Å². The molecule has 1 atom stereocenters. The monoisotopic (exact) mass is 422 g/mol. The Hall–Kier alpha value is -2.51. The average molecular weight is 423 g/mol. The van der Waals surface area contributed by atoms with Gasteiger partial charge in [0.25, 0.3) is 5.56 Å². The Balaban J connectivity index is 2.57. The predicted octanol–water partition coefficient (Wildman–Crippen LogP) is 3.68. The van der Waals surface area contributed by atoms with Crippen LogP contribution in [0.15, 0.2) is 35.3 Å². The first kappa shape index (κ1) is 22.8. The SMILES string of the molecule is COCCC(C(=O)OC(C)(C)C)n1cc(OC)c(-c2cc(Cl)ccc2N)cc1=O. The third kappa shape index (κ3) is 5.74. The van der Waals surface area contributed by atoms with Crippen molar-refractivity contribution in [3.05, 3.63) is 45.8 Å². The minimum Gasteiger partial charge on any atom is -0.495 e. The van der Waals surface area contributed by atoms with Gasteiger partial charge < -0.3 is 19.9 Å². The highest BCUT2D eigenvalue weighted by molar-refractivity contribution is 6.31. The van der Waals surface area contributed by atoms with Gasteiger partial charge in [0, 0.05) is 48.0 Å². The number of methoxy groups -OCH3 is 2. The highest BCUT2D eigenvalue weighted by atomic mass is 35.5. The summed E-state index contributed by atoms with van der Waals surface area (Å²) in [5, 5.41) is 0.479. The van der Waals surface area contributed by atoms with Crippen LogP contribution in [-0.4, -0.2) is 37.0 Å². The van der Waals surface area contributed by atoms with Gasteiger partial charge in [-0.3, -0.25) is 9.36 Å². The van der Waals surface area contributed by atoms with Crippen LogP contribution in [0.4, 0.5) is 5.69 Å². The highest BCUT2D eigenvalue weighted by Gasteiger charge is 2.28. The quantitative estimate of drug-likeness (QED) is 0.540. The van der Waals surface area contributed by atoms with Crippen molar-refractivity contribution in [1.82, 2.24) is 4.57 Å². The number of hydrogen-bond donors (Lipinski definition) is 1. The molecule has 1 unspecified atom stereocenters. The molecule has 29 heavy (non-hydrogen) atoms. The number of halogens is 1. The summed E-state index contributed by atoms with van der Waals surface area (Å²) >= 11 is 6.09. The molecule has 0 aliphatic heterocycles. The van der Waals surface area contributed by atoms with Crippen LogP contribution >= 0.6 is 11.6 Å². The molecule has 0 fully saturated rings. The van der Waals surface area contributed by atoms with Crippen LogP contribution in [-0.2, 0) is 14.3 Å². The second-order valence-electron chi connectivity index (χ2n) is 7.56. The molecular formula is C21H27ClN2O5. The van der Waals surface area contributed by atoms with Crippen molar-refractivity contribution in [2.45, 2.75) is 38.8 Å². The number of rotatable bonds is 7. The molecule has 1 aromatic heterocycles. The summed E-state index contributed by atoms with van der Waals surface area (Å²) in [6.45, 7) is 5.59. The molecule has 2 N–H and O–H groups in total. The molecular weight excluding hydrogens is 396 g/mol. The number of pyridine rings is 1. The summed E-state index contributed by atoms with van der Waals surface area (Å²) in [6.07, 6.45) is 1.76. The maximum absolute atomic E-state index is 12.9. The summed E-state index contributed by atoms with van der Waals surface area (Å²) in [5.74, 6) is -0.140. The number of nitrogen functional groups attached to an aromatic ring is 1. The Bertz CT molecular complexity index is 934. The van der Waals surface area contributed by atoms with Gasteiger partial charge in [-0.25, -0.2) is 4.79 Å². The Morgan fingerprint density at radius 1 is 1.21 bits per heavy atom. The maximum Gasteiger partial charge on any atom is 0.329 e. The van der Waals surface area contributed by atoms with Gasteiger partial charge >= 0.3 is 5.97 Å². The van der Waals surface area contributed by atoms with E-state index >= 15 is 0 Å². The lowest BCUT2D eigenvalue weighted by Gasteiger charge is -2.25. The zero-order chi connectivity index (χ0) is 21.8. The van der Waals surface area contributed by atoms with E-state index in [4.69, 9.17) is 31.5 Å². The molecule has 0 aliphatic carbocycles. The average Bonchev–Trinajstić information content (AvgIpc) is 2.63. The van der Waals surface area contributed by atoms with Crippen molar-refractivity contribution in [2.24, 2.45) is 0 Å². The standard InChI is InChI=1S/C21H27ClN2O5/c1-21(2,3)29-20(26)17(8-9-27-4)24-12-18(28-5)15(11-19(24)25)14-10-13(22)6-7-16(14)23/h6-7,10-12,17H,8-9,23H2,1-5H3. The fourth-order valence-electron chi connectivity index (χ4n) is 2.88. The van der Waals surface area contributed by atoms with Crippen LogP contribution in [0, 0.1) is 0 Å². The predicted molar refractivity (Wildman–Crippen MR) is 113 cm³/mol. The fourth-order valence-corrected chi connectivity index (χ4v) is 3.05. The molecule has 0 saturated carbocycles. The van der Waals surface area contributed by atoms with Gasteiger partial charge in [0.1, 0.15) is 17.4 Å². The van der Waals surface area contributed by atoms with Crippen molar-refractivity contribution in [1.29, 1.82) is 0 Å². The Morgan fingerprint density at radius 3 is 2.48 bits per heavy atom. The first-order valence-corrected chi connectivity index (χ1v) is 9.52. The molecule has 0 bridgehead atoms.